The quantitative estimate of drug-likeness (QED) is 0.320. The lowest BCUT2D eigenvalue weighted by Gasteiger charge is -2.42. The van der Waals surface area contributed by atoms with Gasteiger partial charge in [-0.3, -0.25) is 29.0 Å². The Morgan fingerprint density at radius 2 is 1.63 bits per heavy atom. The number of hydrogen-bond acceptors (Lipinski definition) is 6. The molecule has 2 aromatic rings. The third-order valence-corrected chi connectivity index (χ3v) is 10.4. The number of phenols is 1. The molecule has 0 bridgehead atoms. The van der Waals surface area contributed by atoms with Gasteiger partial charge in [-0.2, -0.15) is 0 Å². The monoisotopic (exact) mass is 576 g/mol. The number of benzene rings is 2. The molecule has 4 unspecified atom stereocenters. The van der Waals surface area contributed by atoms with Crippen molar-refractivity contribution in [3.8, 4) is 5.75 Å². The van der Waals surface area contributed by atoms with Crippen molar-refractivity contribution in [3.05, 3.63) is 99.7 Å². The van der Waals surface area contributed by atoms with E-state index in [4.69, 9.17) is 0 Å². The lowest BCUT2D eigenvalue weighted by molar-refractivity contribution is -0.144. The molecule has 43 heavy (non-hydrogen) atoms. The summed E-state index contributed by atoms with van der Waals surface area (Å²) in [6.45, 7) is 5.93. The van der Waals surface area contributed by atoms with Gasteiger partial charge in [-0.25, -0.2) is 0 Å². The number of piperidine rings is 1. The molecule has 2 amide bonds. The topological polar surface area (TPSA) is 95.0 Å². The van der Waals surface area contributed by atoms with Gasteiger partial charge in [0.2, 0.25) is 11.8 Å². The van der Waals surface area contributed by atoms with Gasteiger partial charge in [0.05, 0.1) is 11.8 Å². The minimum absolute atomic E-state index is 0.0909. The highest BCUT2D eigenvalue weighted by molar-refractivity contribution is 6.24. The summed E-state index contributed by atoms with van der Waals surface area (Å²) in [6.07, 6.45) is 5.54. The van der Waals surface area contributed by atoms with Crippen LogP contribution in [-0.4, -0.2) is 57.4 Å². The molecule has 2 aromatic carbocycles. The zero-order chi connectivity index (χ0) is 30.0. The summed E-state index contributed by atoms with van der Waals surface area (Å²) in [6, 6.07) is 15.6. The first-order valence-corrected chi connectivity index (χ1v) is 15.4. The predicted octanol–water partition coefficient (Wildman–Crippen LogP) is 4.79. The van der Waals surface area contributed by atoms with Crippen LogP contribution in [0.25, 0.3) is 0 Å². The SMILES string of the molecule is CC1=CC(=O)C2=C(C1=O)C(c1cccc(C)c1O)C1=CCC3C(=O)N(C4CCN(Cc5ccccc5)CC4)C(=O)C3C1C2. The van der Waals surface area contributed by atoms with Crippen molar-refractivity contribution in [2.45, 2.75) is 58.0 Å². The number of ketones is 2. The molecule has 4 atom stereocenters. The molecule has 7 heteroatoms. The number of carbonyl (C=O) groups excluding carboxylic acids is 4. The Kier molecular flexibility index (Phi) is 6.81. The van der Waals surface area contributed by atoms with E-state index in [9.17, 15) is 24.3 Å². The standard InChI is InChI=1S/C36H36N2O5/c1-20-7-6-10-25(33(20)40)30-24-11-12-26-31(27(24)18-28-29(39)17-21(2)34(41)32(28)30)36(43)38(35(26)42)23-13-15-37(16-14-23)19-22-8-4-3-5-9-22/h3-11,17,23,26-27,30-31,40H,12-16,18-19H2,1-2H3. The fraction of sp³-hybridized carbons (Fsp3) is 0.389. The van der Waals surface area contributed by atoms with Crippen LogP contribution in [0.15, 0.2) is 83.0 Å². The van der Waals surface area contributed by atoms with Crippen LogP contribution >= 0.6 is 0 Å². The summed E-state index contributed by atoms with van der Waals surface area (Å²) < 4.78 is 0. The van der Waals surface area contributed by atoms with Gasteiger partial charge in [-0.1, -0.05) is 60.2 Å². The number of amides is 2. The van der Waals surface area contributed by atoms with E-state index in [0.717, 1.165) is 38.0 Å². The second-order valence-electron chi connectivity index (χ2n) is 12.8. The average Bonchev–Trinajstić information content (AvgIpc) is 3.27. The van der Waals surface area contributed by atoms with Crippen LogP contribution in [-0.2, 0) is 25.7 Å². The summed E-state index contributed by atoms with van der Waals surface area (Å²) in [7, 11) is 0. The molecule has 220 valence electrons. The van der Waals surface area contributed by atoms with Gasteiger partial charge in [0, 0.05) is 53.9 Å². The van der Waals surface area contributed by atoms with Crippen molar-refractivity contribution >= 4 is 23.4 Å². The summed E-state index contributed by atoms with van der Waals surface area (Å²) in [4.78, 5) is 59.0. The van der Waals surface area contributed by atoms with E-state index in [-0.39, 0.29) is 47.5 Å². The molecular formula is C36H36N2O5. The van der Waals surface area contributed by atoms with Crippen molar-refractivity contribution < 1.29 is 24.3 Å². The van der Waals surface area contributed by atoms with E-state index in [1.165, 1.54) is 11.6 Å². The number of imide groups is 1. The van der Waals surface area contributed by atoms with Gasteiger partial charge in [0.15, 0.2) is 11.6 Å². The number of carbonyl (C=O) groups is 4. The Morgan fingerprint density at radius 3 is 2.37 bits per heavy atom. The van der Waals surface area contributed by atoms with Gasteiger partial charge in [-0.05, 0) is 62.7 Å². The Bertz CT molecular complexity index is 1640. The molecule has 5 aliphatic rings. The molecule has 0 saturated carbocycles. The molecule has 1 N–H and O–H groups in total. The molecule has 0 aromatic heterocycles. The molecule has 3 aliphatic carbocycles. The van der Waals surface area contributed by atoms with Gasteiger partial charge in [0.1, 0.15) is 5.75 Å². The highest BCUT2D eigenvalue weighted by Crippen LogP contribution is 2.56. The third-order valence-electron chi connectivity index (χ3n) is 10.4. The number of Topliss-reactive ketones (excluding diaryl/α,β-unsaturated/α-hetero) is 1. The van der Waals surface area contributed by atoms with Crippen molar-refractivity contribution in [1.29, 1.82) is 0 Å². The Morgan fingerprint density at radius 1 is 0.884 bits per heavy atom. The first-order valence-electron chi connectivity index (χ1n) is 15.4. The highest BCUT2D eigenvalue weighted by Gasteiger charge is 2.57. The van der Waals surface area contributed by atoms with Crippen LogP contribution in [0.1, 0.15) is 55.2 Å². The van der Waals surface area contributed by atoms with E-state index in [1.54, 1.807) is 30.9 Å². The highest BCUT2D eigenvalue weighted by atomic mass is 16.3. The second-order valence-corrected chi connectivity index (χ2v) is 12.8. The molecule has 2 heterocycles. The number of hydrogen-bond donors (Lipinski definition) is 1. The number of rotatable bonds is 4. The number of para-hydroxylation sites is 1. The van der Waals surface area contributed by atoms with Gasteiger partial charge >= 0.3 is 0 Å². The van der Waals surface area contributed by atoms with Crippen molar-refractivity contribution in [1.82, 2.24) is 9.80 Å². The molecule has 2 fully saturated rings. The number of aromatic hydroxyl groups is 1. The number of likely N-dealkylation sites (tertiary alicyclic amines) is 2. The smallest absolute Gasteiger partial charge is 0.233 e. The lowest BCUT2D eigenvalue weighted by atomic mass is 9.59. The fourth-order valence-corrected chi connectivity index (χ4v) is 8.19. The Labute approximate surface area is 251 Å². The summed E-state index contributed by atoms with van der Waals surface area (Å²) in [5, 5.41) is 11.2. The van der Waals surface area contributed by atoms with Gasteiger partial charge in [-0.15, -0.1) is 0 Å². The van der Waals surface area contributed by atoms with E-state index < -0.39 is 17.8 Å². The van der Waals surface area contributed by atoms with E-state index in [0.29, 0.717) is 34.3 Å². The Balaban J connectivity index is 1.19. The number of fused-ring (bicyclic) bond motifs is 3. The fourth-order valence-electron chi connectivity index (χ4n) is 8.19. The van der Waals surface area contributed by atoms with Crippen molar-refractivity contribution in [2.24, 2.45) is 17.8 Å². The second kappa shape index (κ2) is 10.6. The van der Waals surface area contributed by atoms with Gasteiger partial charge < -0.3 is 5.11 Å². The van der Waals surface area contributed by atoms with Crippen LogP contribution in [0.2, 0.25) is 0 Å². The molecule has 0 spiro atoms. The van der Waals surface area contributed by atoms with E-state index in [1.807, 2.05) is 30.3 Å². The normalized spacial score (nSPS) is 28.0. The van der Waals surface area contributed by atoms with Crippen LogP contribution in [0.3, 0.4) is 0 Å². The molecular weight excluding hydrogens is 540 g/mol. The van der Waals surface area contributed by atoms with Crippen LogP contribution < -0.4 is 0 Å². The van der Waals surface area contributed by atoms with Crippen LogP contribution in [0.5, 0.6) is 5.75 Å². The number of allylic oxidation sites excluding steroid dienone is 6. The maximum absolute atomic E-state index is 14.2. The first kappa shape index (κ1) is 27.7. The molecule has 0 radical (unpaired) electrons. The van der Waals surface area contributed by atoms with Crippen LogP contribution in [0.4, 0.5) is 0 Å². The zero-order valence-electron chi connectivity index (χ0n) is 24.6. The summed E-state index contributed by atoms with van der Waals surface area (Å²) >= 11 is 0. The largest absolute Gasteiger partial charge is 0.507 e. The molecule has 7 rings (SSSR count). The first-order chi connectivity index (χ1) is 20.7. The molecule has 2 aliphatic heterocycles. The van der Waals surface area contributed by atoms with Crippen molar-refractivity contribution in [2.75, 3.05) is 13.1 Å². The lowest BCUT2D eigenvalue weighted by Crippen LogP contribution is -2.47. The van der Waals surface area contributed by atoms with Crippen LogP contribution in [0, 0.1) is 24.7 Å². The molecule has 7 nitrogen and oxygen atoms in total. The van der Waals surface area contributed by atoms with Crippen molar-refractivity contribution in [3.63, 3.8) is 0 Å². The maximum Gasteiger partial charge on any atom is 0.233 e. The average molecular weight is 577 g/mol. The minimum Gasteiger partial charge on any atom is -0.507 e. The molecule has 2 saturated heterocycles. The zero-order valence-corrected chi connectivity index (χ0v) is 24.6. The number of nitrogens with zero attached hydrogens (tertiary/aromatic N) is 2. The predicted molar refractivity (Wildman–Crippen MR) is 161 cm³/mol. The Hall–Kier alpha value is -4.10. The summed E-state index contributed by atoms with van der Waals surface area (Å²) in [5.74, 6) is -2.64. The van der Waals surface area contributed by atoms with Gasteiger partial charge in [0.25, 0.3) is 0 Å². The third kappa shape index (κ3) is 4.44. The van der Waals surface area contributed by atoms with E-state index >= 15 is 0 Å². The number of aryl methyl sites for hydroxylation is 1. The summed E-state index contributed by atoms with van der Waals surface area (Å²) in [5.41, 5.74) is 4.57. The van der Waals surface area contributed by atoms with E-state index in [2.05, 4.69) is 17.0 Å². The maximum atomic E-state index is 14.2. The minimum atomic E-state index is -0.632. The number of phenolic OH excluding ortho intramolecular Hbond substituents is 1.